The van der Waals surface area contributed by atoms with Crippen LogP contribution in [0, 0.1) is 0 Å². The lowest BCUT2D eigenvalue weighted by Crippen LogP contribution is -2.41. The lowest BCUT2D eigenvalue weighted by Gasteiger charge is -2.22. The number of carbonyl (C=O) groups is 1. The number of carbonyl (C=O) groups excluding carboxylic acids is 1. The first-order chi connectivity index (χ1) is 8.84. The van der Waals surface area contributed by atoms with Crippen molar-refractivity contribution in [2.45, 2.75) is 19.0 Å². The summed E-state index contributed by atoms with van der Waals surface area (Å²) in [5, 5.41) is 10.2. The molecule has 2 aromatic rings. The molecule has 18 heavy (non-hydrogen) atoms. The second kappa shape index (κ2) is 4.91. The molecule has 0 bridgehead atoms. The van der Waals surface area contributed by atoms with Crippen molar-refractivity contribution < 1.29 is 4.79 Å². The van der Waals surface area contributed by atoms with E-state index >= 15 is 0 Å². The Labute approximate surface area is 109 Å². The first kappa shape index (κ1) is 11.4. The maximum atomic E-state index is 12.1. The molecular weight excluding hydrogens is 248 g/mol. The number of hydrogen-bond acceptors (Lipinski definition) is 4. The van der Waals surface area contributed by atoms with Gasteiger partial charge in [-0.25, -0.2) is 4.98 Å². The van der Waals surface area contributed by atoms with Crippen LogP contribution in [0.15, 0.2) is 23.2 Å². The van der Waals surface area contributed by atoms with E-state index in [1.807, 2.05) is 16.8 Å². The molecule has 0 saturated carbocycles. The van der Waals surface area contributed by atoms with Gasteiger partial charge in [-0.05, 0) is 22.4 Å². The first-order valence-corrected chi connectivity index (χ1v) is 6.83. The molecule has 94 valence electrons. The number of aromatic nitrogens is 2. The fourth-order valence-electron chi connectivity index (χ4n) is 2.12. The van der Waals surface area contributed by atoms with Crippen LogP contribution in [-0.4, -0.2) is 22.4 Å². The van der Waals surface area contributed by atoms with E-state index in [0.717, 1.165) is 29.9 Å². The Morgan fingerprint density at radius 1 is 1.61 bits per heavy atom. The number of thiophene rings is 1. The van der Waals surface area contributed by atoms with E-state index in [1.165, 1.54) is 0 Å². The van der Waals surface area contributed by atoms with Crippen molar-refractivity contribution >= 4 is 17.2 Å². The summed E-state index contributed by atoms with van der Waals surface area (Å²) in [7, 11) is 0. The van der Waals surface area contributed by atoms with Crippen molar-refractivity contribution in [1.82, 2.24) is 20.6 Å². The summed E-state index contributed by atoms with van der Waals surface area (Å²) in [6.07, 6.45) is 2.54. The van der Waals surface area contributed by atoms with E-state index in [0.29, 0.717) is 6.54 Å². The van der Waals surface area contributed by atoms with Crippen LogP contribution in [0.1, 0.15) is 23.0 Å². The number of fused-ring (bicyclic) bond motifs is 1. The van der Waals surface area contributed by atoms with E-state index in [-0.39, 0.29) is 11.9 Å². The number of aromatic amines is 1. The smallest absolute Gasteiger partial charge is 0.243 e. The highest BCUT2D eigenvalue weighted by atomic mass is 32.1. The monoisotopic (exact) mass is 262 g/mol. The van der Waals surface area contributed by atoms with E-state index in [9.17, 15) is 4.79 Å². The number of H-pyrrole nitrogens is 1. The third-order valence-electron chi connectivity index (χ3n) is 3.06. The predicted molar refractivity (Wildman–Crippen MR) is 69.2 cm³/mol. The van der Waals surface area contributed by atoms with Crippen molar-refractivity contribution in [1.29, 1.82) is 0 Å². The normalized spacial score (nSPS) is 18.3. The molecule has 0 aliphatic carbocycles. The Hall–Kier alpha value is -1.66. The lowest BCUT2D eigenvalue weighted by atomic mass is 10.1. The molecule has 0 aromatic carbocycles. The minimum atomic E-state index is -0.335. The minimum absolute atomic E-state index is 0.0192. The van der Waals surface area contributed by atoms with Crippen LogP contribution in [0.5, 0.6) is 0 Å². The van der Waals surface area contributed by atoms with Gasteiger partial charge in [0.15, 0.2) is 0 Å². The fraction of sp³-hybridized carbons (Fsp3) is 0.333. The molecule has 5 nitrogen and oxygen atoms in total. The summed E-state index contributed by atoms with van der Waals surface area (Å²) < 4.78 is 0. The highest BCUT2D eigenvalue weighted by molar-refractivity contribution is 7.07. The van der Waals surface area contributed by atoms with Crippen molar-refractivity contribution in [3.05, 3.63) is 40.1 Å². The van der Waals surface area contributed by atoms with E-state index in [1.54, 1.807) is 17.7 Å². The Morgan fingerprint density at radius 2 is 2.56 bits per heavy atom. The highest BCUT2D eigenvalue weighted by Gasteiger charge is 2.27. The maximum absolute atomic E-state index is 12.1. The summed E-state index contributed by atoms with van der Waals surface area (Å²) in [5.41, 5.74) is 3.01. The van der Waals surface area contributed by atoms with Crippen LogP contribution in [-0.2, 0) is 17.8 Å². The molecule has 1 unspecified atom stereocenters. The zero-order chi connectivity index (χ0) is 12.4. The Bertz CT molecular complexity index is 534. The van der Waals surface area contributed by atoms with Crippen LogP contribution in [0.2, 0.25) is 0 Å². The number of nitrogens with one attached hydrogen (secondary N) is 3. The quantitative estimate of drug-likeness (QED) is 0.772. The number of amides is 1. The van der Waals surface area contributed by atoms with E-state index in [4.69, 9.17) is 0 Å². The minimum Gasteiger partial charge on any atom is -0.350 e. The predicted octanol–water partition coefficient (Wildman–Crippen LogP) is 0.974. The van der Waals surface area contributed by atoms with Gasteiger partial charge in [0.05, 0.1) is 12.0 Å². The van der Waals surface area contributed by atoms with Gasteiger partial charge >= 0.3 is 0 Å². The summed E-state index contributed by atoms with van der Waals surface area (Å²) >= 11 is 1.63. The van der Waals surface area contributed by atoms with Crippen molar-refractivity contribution in [3.8, 4) is 0 Å². The molecule has 6 heteroatoms. The van der Waals surface area contributed by atoms with E-state index in [2.05, 4.69) is 20.6 Å². The molecule has 1 atom stereocenters. The Morgan fingerprint density at radius 3 is 3.39 bits per heavy atom. The van der Waals surface area contributed by atoms with Gasteiger partial charge in [-0.1, -0.05) is 0 Å². The topological polar surface area (TPSA) is 69.8 Å². The van der Waals surface area contributed by atoms with Gasteiger partial charge in [-0.15, -0.1) is 0 Å². The average molecular weight is 262 g/mol. The third kappa shape index (κ3) is 2.16. The molecule has 0 saturated heterocycles. The van der Waals surface area contributed by atoms with Gasteiger partial charge in [0, 0.05) is 25.2 Å². The van der Waals surface area contributed by atoms with Crippen LogP contribution >= 0.6 is 11.3 Å². The van der Waals surface area contributed by atoms with Gasteiger partial charge in [-0.2, -0.15) is 11.3 Å². The zero-order valence-electron chi connectivity index (χ0n) is 9.77. The van der Waals surface area contributed by atoms with Crippen molar-refractivity contribution in [3.63, 3.8) is 0 Å². The van der Waals surface area contributed by atoms with Gasteiger partial charge < -0.3 is 15.6 Å². The van der Waals surface area contributed by atoms with Crippen LogP contribution < -0.4 is 10.6 Å². The van der Waals surface area contributed by atoms with Gasteiger partial charge in [-0.3, -0.25) is 4.79 Å². The lowest BCUT2D eigenvalue weighted by molar-refractivity contribution is -0.123. The zero-order valence-corrected chi connectivity index (χ0v) is 10.6. The molecule has 1 amide bonds. The van der Waals surface area contributed by atoms with Crippen LogP contribution in [0.25, 0.3) is 0 Å². The molecular formula is C12H14N4OS. The Balaban J connectivity index is 1.67. The van der Waals surface area contributed by atoms with Crippen LogP contribution in [0.3, 0.4) is 0 Å². The molecule has 3 rings (SSSR count). The van der Waals surface area contributed by atoms with Gasteiger partial charge in [0.2, 0.25) is 5.91 Å². The highest BCUT2D eigenvalue weighted by Crippen LogP contribution is 2.19. The maximum Gasteiger partial charge on any atom is 0.243 e. The second-order valence-corrected chi connectivity index (χ2v) is 5.03. The molecule has 0 spiro atoms. The summed E-state index contributed by atoms with van der Waals surface area (Å²) in [6.45, 7) is 1.37. The number of hydrogen-bond donors (Lipinski definition) is 3. The van der Waals surface area contributed by atoms with Crippen molar-refractivity contribution in [2.24, 2.45) is 0 Å². The molecule has 1 aliphatic heterocycles. The molecule has 0 fully saturated rings. The SMILES string of the molecule is O=C(NCc1ccsc1)C1NCCc2[nH]cnc21. The molecule has 1 aliphatic rings. The average Bonchev–Trinajstić information content (AvgIpc) is 3.05. The number of rotatable bonds is 3. The van der Waals surface area contributed by atoms with Crippen molar-refractivity contribution in [2.75, 3.05) is 6.54 Å². The summed E-state index contributed by atoms with van der Waals surface area (Å²) in [6, 6.07) is 1.68. The second-order valence-electron chi connectivity index (χ2n) is 4.25. The molecule has 3 heterocycles. The Kier molecular flexibility index (Phi) is 3.12. The van der Waals surface area contributed by atoms with Gasteiger partial charge in [0.1, 0.15) is 6.04 Å². The largest absolute Gasteiger partial charge is 0.350 e. The fourth-order valence-corrected chi connectivity index (χ4v) is 2.79. The van der Waals surface area contributed by atoms with Gasteiger partial charge in [0.25, 0.3) is 0 Å². The van der Waals surface area contributed by atoms with E-state index < -0.39 is 0 Å². The standard InChI is InChI=1S/C12H14N4OS/c17-12(14-5-8-2-4-18-6-8)11-10-9(1-3-13-11)15-7-16-10/h2,4,6-7,11,13H,1,3,5H2,(H,14,17)(H,15,16). The number of nitrogens with zero attached hydrogens (tertiary/aromatic N) is 1. The molecule has 2 aromatic heterocycles. The summed E-state index contributed by atoms with van der Waals surface area (Å²) in [5.74, 6) is -0.0192. The first-order valence-electron chi connectivity index (χ1n) is 5.89. The van der Waals surface area contributed by atoms with Crippen LogP contribution in [0.4, 0.5) is 0 Å². The molecule has 0 radical (unpaired) electrons. The third-order valence-corrected chi connectivity index (χ3v) is 3.79. The summed E-state index contributed by atoms with van der Waals surface area (Å²) in [4.78, 5) is 19.4. The number of imidazole rings is 1. The molecule has 3 N–H and O–H groups in total.